The number of carbonyl (C=O) groups excluding carboxylic acids is 3. The molecule has 200 valence electrons. The molecule has 0 radical (unpaired) electrons. The molecule has 39 heavy (non-hydrogen) atoms. The van der Waals surface area contributed by atoms with Crippen LogP contribution in [-0.2, 0) is 20.5 Å². The third kappa shape index (κ3) is 3.80. The summed E-state index contributed by atoms with van der Waals surface area (Å²) in [4.78, 5) is 41.7. The lowest BCUT2D eigenvalue weighted by molar-refractivity contribution is -0.274. The SMILES string of the molecule is CC(C)(C)n1cc(C#N)c2c1NC(=O)[C@H](C(=O)c1ccccc1O)[C@@]21C(=O)Nc2ccc(OC(F)(F)F)cc21. The predicted molar refractivity (Wildman–Crippen MR) is 131 cm³/mol. The number of para-hydroxylation sites is 1. The molecule has 3 aromatic rings. The predicted octanol–water partition coefficient (Wildman–Crippen LogP) is 4.41. The molecule has 0 saturated heterocycles. The minimum atomic E-state index is -5.06. The number of anilines is 2. The van der Waals surface area contributed by atoms with Crippen molar-refractivity contribution < 1.29 is 37.4 Å². The van der Waals surface area contributed by atoms with E-state index in [1.807, 2.05) is 6.07 Å². The number of rotatable bonds is 3. The van der Waals surface area contributed by atoms with E-state index in [2.05, 4.69) is 15.4 Å². The number of phenolic OH excluding ortho intramolecular Hbond substituents is 1. The number of nitrogens with one attached hydrogen (secondary N) is 2. The number of aromatic nitrogens is 1. The van der Waals surface area contributed by atoms with Gasteiger partial charge < -0.3 is 25.0 Å². The third-order valence-electron chi connectivity index (χ3n) is 6.87. The first-order valence-corrected chi connectivity index (χ1v) is 11.7. The summed E-state index contributed by atoms with van der Waals surface area (Å²) in [6, 6.07) is 10.5. The van der Waals surface area contributed by atoms with Crippen molar-refractivity contribution in [2.24, 2.45) is 5.92 Å². The molecule has 12 heteroatoms. The number of ketones is 1. The van der Waals surface area contributed by atoms with E-state index < -0.39 is 52.3 Å². The average molecular weight is 538 g/mol. The molecule has 2 atom stereocenters. The quantitative estimate of drug-likeness (QED) is 0.334. The van der Waals surface area contributed by atoms with E-state index in [1.165, 1.54) is 36.5 Å². The molecular formula is C27H21F3N4O5. The van der Waals surface area contributed by atoms with Crippen LogP contribution >= 0.6 is 0 Å². The number of nitriles is 1. The van der Waals surface area contributed by atoms with Crippen LogP contribution in [0.5, 0.6) is 11.5 Å². The van der Waals surface area contributed by atoms with Gasteiger partial charge in [-0.05, 0) is 51.1 Å². The highest BCUT2D eigenvalue weighted by molar-refractivity contribution is 6.25. The minimum Gasteiger partial charge on any atom is -0.507 e. The lowest BCUT2D eigenvalue weighted by Gasteiger charge is -2.40. The summed E-state index contributed by atoms with van der Waals surface area (Å²) in [6.45, 7) is 5.35. The Morgan fingerprint density at radius 3 is 2.44 bits per heavy atom. The summed E-state index contributed by atoms with van der Waals surface area (Å²) in [6.07, 6.45) is -3.65. The van der Waals surface area contributed by atoms with Crippen LogP contribution in [-0.4, -0.2) is 33.6 Å². The number of benzene rings is 2. The fourth-order valence-corrected chi connectivity index (χ4v) is 5.36. The van der Waals surface area contributed by atoms with Gasteiger partial charge in [0.15, 0.2) is 5.78 Å². The van der Waals surface area contributed by atoms with Crippen molar-refractivity contribution in [2.45, 2.75) is 38.1 Å². The lowest BCUT2D eigenvalue weighted by atomic mass is 9.61. The van der Waals surface area contributed by atoms with E-state index in [1.54, 1.807) is 25.3 Å². The zero-order valence-corrected chi connectivity index (χ0v) is 20.8. The van der Waals surface area contributed by atoms with Gasteiger partial charge in [0.1, 0.15) is 34.7 Å². The normalized spacial score (nSPS) is 20.1. The molecular weight excluding hydrogens is 517 g/mol. The molecule has 2 aliphatic rings. The van der Waals surface area contributed by atoms with Crippen molar-refractivity contribution in [1.82, 2.24) is 4.57 Å². The Balaban J connectivity index is 1.89. The molecule has 1 spiro atoms. The van der Waals surface area contributed by atoms with E-state index in [4.69, 9.17) is 0 Å². The third-order valence-corrected chi connectivity index (χ3v) is 6.87. The summed E-state index contributed by atoms with van der Waals surface area (Å²) in [7, 11) is 0. The lowest BCUT2D eigenvalue weighted by Crippen LogP contribution is -2.55. The molecule has 2 amide bonds. The molecule has 1 aromatic heterocycles. The van der Waals surface area contributed by atoms with Gasteiger partial charge in [0.25, 0.3) is 0 Å². The average Bonchev–Trinajstić information content (AvgIpc) is 3.34. The monoisotopic (exact) mass is 538 g/mol. The molecule has 0 fully saturated rings. The van der Waals surface area contributed by atoms with Crippen molar-refractivity contribution >= 4 is 29.1 Å². The molecule has 5 rings (SSSR count). The van der Waals surface area contributed by atoms with Gasteiger partial charge in [-0.1, -0.05) is 12.1 Å². The van der Waals surface area contributed by atoms with Crippen molar-refractivity contribution in [2.75, 3.05) is 10.6 Å². The number of aromatic hydroxyl groups is 1. The Labute approximate surface area is 219 Å². The van der Waals surface area contributed by atoms with Crippen LogP contribution in [0.1, 0.15) is 47.8 Å². The van der Waals surface area contributed by atoms with Crippen LogP contribution in [0.3, 0.4) is 0 Å². The maximum absolute atomic E-state index is 14.0. The largest absolute Gasteiger partial charge is 0.573 e. The Hall–Kier alpha value is -4.79. The fraction of sp³-hybridized carbons (Fsp3) is 0.259. The topological polar surface area (TPSA) is 133 Å². The van der Waals surface area contributed by atoms with Crippen LogP contribution in [0.15, 0.2) is 48.7 Å². The number of halogens is 3. The Kier molecular flexibility index (Phi) is 5.54. The fourth-order valence-electron chi connectivity index (χ4n) is 5.36. The maximum Gasteiger partial charge on any atom is 0.573 e. The molecule has 3 N–H and O–H groups in total. The first-order chi connectivity index (χ1) is 18.2. The van der Waals surface area contributed by atoms with Crippen molar-refractivity contribution in [1.29, 1.82) is 5.26 Å². The van der Waals surface area contributed by atoms with Crippen molar-refractivity contribution in [3.05, 3.63) is 70.9 Å². The first kappa shape index (κ1) is 25.8. The second-order valence-electron chi connectivity index (χ2n) is 10.2. The van der Waals surface area contributed by atoms with Gasteiger partial charge in [0.05, 0.1) is 11.1 Å². The minimum absolute atomic E-state index is 0.0395. The number of alkyl halides is 3. The molecule has 3 heterocycles. The molecule has 0 aliphatic carbocycles. The Bertz CT molecular complexity index is 1610. The number of ether oxygens (including phenoxy) is 1. The number of phenols is 1. The molecule has 9 nitrogen and oxygen atoms in total. The van der Waals surface area contributed by atoms with Crippen molar-refractivity contribution in [3.8, 4) is 17.6 Å². The zero-order valence-electron chi connectivity index (χ0n) is 20.8. The van der Waals surface area contributed by atoms with Crippen LogP contribution in [0.2, 0.25) is 0 Å². The van der Waals surface area contributed by atoms with Gasteiger partial charge in [-0.15, -0.1) is 13.2 Å². The Morgan fingerprint density at radius 1 is 1.13 bits per heavy atom. The van der Waals surface area contributed by atoms with Crippen molar-refractivity contribution in [3.63, 3.8) is 0 Å². The van der Waals surface area contributed by atoms with Crippen LogP contribution < -0.4 is 15.4 Å². The highest BCUT2D eigenvalue weighted by Gasteiger charge is 2.64. The molecule has 2 aromatic carbocycles. The van der Waals surface area contributed by atoms with Gasteiger partial charge in [0, 0.05) is 28.6 Å². The maximum atomic E-state index is 14.0. The smallest absolute Gasteiger partial charge is 0.507 e. The van der Waals surface area contributed by atoms with Crippen LogP contribution in [0.4, 0.5) is 24.7 Å². The number of Topliss-reactive ketones (excluding diaryl/α,β-unsaturated/α-hetero) is 1. The summed E-state index contributed by atoms with van der Waals surface area (Å²) < 4.78 is 45.0. The number of fused-ring (bicyclic) bond motifs is 4. The van der Waals surface area contributed by atoms with E-state index in [9.17, 15) is 37.9 Å². The van der Waals surface area contributed by atoms with E-state index >= 15 is 0 Å². The number of amides is 2. The second-order valence-corrected chi connectivity index (χ2v) is 10.2. The summed E-state index contributed by atoms with van der Waals surface area (Å²) in [5, 5.41) is 25.7. The van der Waals surface area contributed by atoms with Gasteiger partial charge in [0.2, 0.25) is 11.8 Å². The Morgan fingerprint density at radius 2 is 1.82 bits per heavy atom. The molecule has 0 saturated carbocycles. The zero-order chi connectivity index (χ0) is 28.5. The number of carbonyl (C=O) groups is 3. The number of hydrogen-bond donors (Lipinski definition) is 3. The summed E-state index contributed by atoms with van der Waals surface area (Å²) in [5.74, 6) is -5.79. The van der Waals surface area contributed by atoms with E-state index in [0.717, 1.165) is 12.1 Å². The van der Waals surface area contributed by atoms with Gasteiger partial charge in [-0.2, -0.15) is 5.26 Å². The molecule has 0 unspecified atom stereocenters. The standard InChI is InChI=1S/C27H21F3N4O5/c1-25(2,3)34-12-13(11-31)19-22(34)33-23(37)20(21(36)15-6-4-5-7-18(15)35)26(19)16-10-14(39-27(28,29)30)8-9-17(16)32-24(26)38/h4-10,12,20,35H,1-3H3,(H,32,38)(H,33,37)/t20-,26-/m0/s1. The van der Waals surface area contributed by atoms with Gasteiger partial charge in [-0.3, -0.25) is 14.4 Å². The van der Waals surface area contributed by atoms with Gasteiger partial charge in [-0.25, -0.2) is 0 Å². The van der Waals surface area contributed by atoms with Crippen LogP contribution in [0.25, 0.3) is 0 Å². The number of hydrogen-bond acceptors (Lipinski definition) is 6. The first-order valence-electron chi connectivity index (χ1n) is 11.7. The summed E-state index contributed by atoms with van der Waals surface area (Å²) in [5.41, 5.74) is -3.49. The highest BCUT2D eigenvalue weighted by Crippen LogP contribution is 2.56. The molecule has 0 bridgehead atoms. The summed E-state index contributed by atoms with van der Waals surface area (Å²) >= 11 is 0. The number of nitrogens with zero attached hydrogens (tertiary/aromatic N) is 2. The van der Waals surface area contributed by atoms with Gasteiger partial charge >= 0.3 is 6.36 Å². The second kappa shape index (κ2) is 8.36. The van der Waals surface area contributed by atoms with E-state index in [-0.39, 0.29) is 33.8 Å². The molecule has 2 aliphatic heterocycles. The highest BCUT2D eigenvalue weighted by atomic mass is 19.4. The van der Waals surface area contributed by atoms with Crippen LogP contribution in [0, 0.1) is 17.2 Å². The van der Waals surface area contributed by atoms with E-state index in [0.29, 0.717) is 0 Å².